The SMILES string of the molecule is CCCCCCCC(=O)OC[C@H](COP(=O)(O)OC[C@H](O)COP(=O)(O)OC[C@@H](COC(=O)CCCCCCCCCCCCCCCCCCCCC(C)C)OC(=O)CCCCCCCCCCCCCCCCCCCCC(C)C)OC(=O)CCCCCCCCCCCCCCCCC(C)CC. The lowest BCUT2D eigenvalue weighted by Gasteiger charge is -2.21. The molecule has 624 valence electrons. The zero-order valence-electron chi connectivity index (χ0n) is 69.2. The molecule has 6 atom stereocenters. The minimum atomic E-state index is -4.96. The van der Waals surface area contributed by atoms with Gasteiger partial charge in [-0.1, -0.05) is 402 Å². The number of carbonyl (C=O) groups excluding carboxylic acids is 4. The summed E-state index contributed by atoms with van der Waals surface area (Å²) in [5.41, 5.74) is 0. The van der Waals surface area contributed by atoms with Gasteiger partial charge in [0, 0.05) is 25.7 Å². The fraction of sp³-hybridized carbons (Fsp3) is 0.953. The van der Waals surface area contributed by atoms with Gasteiger partial charge in [0.15, 0.2) is 12.2 Å². The van der Waals surface area contributed by atoms with Gasteiger partial charge in [-0.15, -0.1) is 0 Å². The van der Waals surface area contributed by atoms with Crippen molar-refractivity contribution in [3.63, 3.8) is 0 Å². The van der Waals surface area contributed by atoms with E-state index in [1.807, 2.05) is 0 Å². The van der Waals surface area contributed by atoms with Crippen LogP contribution in [0.2, 0.25) is 0 Å². The molecule has 0 spiro atoms. The number of unbranched alkanes of at least 4 members (excludes halogenated alkanes) is 51. The number of phosphoric acid groups is 2. The lowest BCUT2D eigenvalue weighted by molar-refractivity contribution is -0.161. The number of hydrogen-bond donors (Lipinski definition) is 3. The summed E-state index contributed by atoms with van der Waals surface area (Å²) in [4.78, 5) is 72.9. The van der Waals surface area contributed by atoms with Crippen LogP contribution in [0.1, 0.15) is 453 Å². The van der Waals surface area contributed by atoms with Crippen molar-refractivity contribution >= 4 is 39.5 Å². The van der Waals surface area contributed by atoms with Crippen molar-refractivity contribution in [2.45, 2.75) is 471 Å². The van der Waals surface area contributed by atoms with Crippen LogP contribution in [0.25, 0.3) is 0 Å². The van der Waals surface area contributed by atoms with Crippen LogP contribution in [0.5, 0.6) is 0 Å². The Bertz CT molecular complexity index is 2030. The van der Waals surface area contributed by atoms with E-state index in [1.54, 1.807) is 0 Å². The van der Waals surface area contributed by atoms with Gasteiger partial charge in [-0.25, -0.2) is 9.13 Å². The van der Waals surface area contributed by atoms with Crippen LogP contribution in [0.3, 0.4) is 0 Å². The second-order valence-corrected chi connectivity index (χ2v) is 35.0. The number of hydrogen-bond acceptors (Lipinski definition) is 15. The fourth-order valence-electron chi connectivity index (χ4n) is 13.3. The molecule has 0 aromatic heterocycles. The van der Waals surface area contributed by atoms with E-state index in [4.69, 9.17) is 37.0 Å². The number of phosphoric ester groups is 2. The highest BCUT2D eigenvalue weighted by Crippen LogP contribution is 2.45. The Morgan fingerprint density at radius 1 is 0.276 bits per heavy atom. The smallest absolute Gasteiger partial charge is 0.462 e. The molecule has 3 N–H and O–H groups in total. The maximum absolute atomic E-state index is 13.1. The van der Waals surface area contributed by atoms with Crippen LogP contribution >= 0.6 is 15.6 Å². The predicted molar refractivity (Wildman–Crippen MR) is 432 cm³/mol. The minimum absolute atomic E-state index is 0.107. The number of aliphatic hydroxyl groups excluding tert-OH is 1. The Hall–Kier alpha value is -1.94. The Balaban J connectivity index is 5.10. The molecule has 0 radical (unpaired) electrons. The van der Waals surface area contributed by atoms with Gasteiger partial charge < -0.3 is 33.8 Å². The predicted octanol–water partition coefficient (Wildman–Crippen LogP) is 26.1. The summed E-state index contributed by atoms with van der Waals surface area (Å²) >= 11 is 0. The Labute approximate surface area is 645 Å². The molecule has 0 aromatic carbocycles. The molecular weight excluding hydrogens is 1370 g/mol. The largest absolute Gasteiger partial charge is 0.472 e. The summed E-state index contributed by atoms with van der Waals surface area (Å²) in [6.45, 7) is 12.0. The van der Waals surface area contributed by atoms with E-state index in [2.05, 4.69) is 48.5 Å². The number of ether oxygens (including phenoxy) is 4. The van der Waals surface area contributed by atoms with Crippen molar-refractivity contribution < 1.29 is 80.2 Å². The lowest BCUT2D eigenvalue weighted by Crippen LogP contribution is -2.30. The van der Waals surface area contributed by atoms with Gasteiger partial charge in [-0.05, 0) is 43.4 Å². The van der Waals surface area contributed by atoms with Gasteiger partial charge in [0.1, 0.15) is 19.3 Å². The molecule has 105 heavy (non-hydrogen) atoms. The van der Waals surface area contributed by atoms with E-state index in [0.717, 1.165) is 114 Å². The zero-order valence-corrected chi connectivity index (χ0v) is 71.0. The number of aliphatic hydroxyl groups is 1. The van der Waals surface area contributed by atoms with E-state index in [1.165, 1.54) is 257 Å². The van der Waals surface area contributed by atoms with Crippen LogP contribution in [-0.4, -0.2) is 96.7 Å². The van der Waals surface area contributed by atoms with Crippen LogP contribution < -0.4 is 0 Å². The summed E-state index contributed by atoms with van der Waals surface area (Å²) in [5.74, 6) is 0.373. The lowest BCUT2D eigenvalue weighted by atomic mass is 9.99. The molecule has 0 amide bonds. The van der Waals surface area contributed by atoms with Crippen LogP contribution in [0.4, 0.5) is 0 Å². The standard InChI is InChI=1S/C86H168O17P2/c1-8-10-11-50-60-67-83(88)96-73-81(102-85(90)69-62-56-49-43-37-31-25-24-28-34-40-46-53-59-66-79(7)9-2)75-100-104(92,93)98-71-80(87)72-99-105(94,95)101-76-82(103-86(91)70-63-55-48-42-36-30-23-19-15-13-17-21-27-33-39-45-52-58-65-78(5)6)74-97-84(89)68-61-54-47-41-35-29-22-18-14-12-16-20-26-32-38-44-51-57-64-77(3)4/h77-82,87H,8-76H2,1-7H3,(H,92,93)(H,94,95)/t79?,80-,81+,82+/m0/s1. The van der Waals surface area contributed by atoms with E-state index < -0.39 is 97.5 Å². The molecule has 0 aromatic rings. The number of esters is 4. The highest BCUT2D eigenvalue weighted by atomic mass is 31.2. The number of carbonyl (C=O) groups is 4. The molecule has 0 bridgehead atoms. The highest BCUT2D eigenvalue weighted by Gasteiger charge is 2.30. The monoisotopic (exact) mass is 1540 g/mol. The van der Waals surface area contributed by atoms with E-state index in [9.17, 15) is 43.2 Å². The van der Waals surface area contributed by atoms with E-state index >= 15 is 0 Å². The third-order valence-corrected chi connectivity index (χ3v) is 22.4. The molecule has 3 unspecified atom stereocenters. The Kier molecular flexibility index (Phi) is 74.7. The normalized spacial score (nSPS) is 14.1. The Morgan fingerprint density at radius 2 is 0.486 bits per heavy atom. The van der Waals surface area contributed by atoms with Gasteiger partial charge >= 0.3 is 39.5 Å². The summed E-state index contributed by atoms with van der Waals surface area (Å²) in [7, 11) is -9.92. The minimum Gasteiger partial charge on any atom is -0.462 e. The molecule has 0 rings (SSSR count). The first kappa shape index (κ1) is 103. The second kappa shape index (κ2) is 76.1. The average molecular weight is 1540 g/mol. The number of rotatable bonds is 84. The molecule has 0 saturated carbocycles. The summed E-state index contributed by atoms with van der Waals surface area (Å²) in [5, 5.41) is 10.6. The van der Waals surface area contributed by atoms with Crippen LogP contribution in [0.15, 0.2) is 0 Å². The van der Waals surface area contributed by atoms with E-state index in [-0.39, 0.29) is 25.7 Å². The molecule has 0 fully saturated rings. The van der Waals surface area contributed by atoms with Crippen molar-refractivity contribution in [2.24, 2.45) is 17.8 Å². The molecule has 0 heterocycles. The van der Waals surface area contributed by atoms with Crippen LogP contribution in [0, 0.1) is 17.8 Å². The molecule has 0 aliphatic carbocycles. The molecule has 17 nitrogen and oxygen atoms in total. The van der Waals surface area contributed by atoms with Gasteiger partial charge in [-0.3, -0.25) is 37.3 Å². The van der Waals surface area contributed by atoms with Gasteiger partial charge in [-0.2, -0.15) is 0 Å². The van der Waals surface area contributed by atoms with Gasteiger partial charge in [0.2, 0.25) is 0 Å². The molecular formula is C86H168O17P2. The first-order chi connectivity index (χ1) is 50.8. The summed E-state index contributed by atoms with van der Waals surface area (Å²) in [6.07, 6.45) is 67.1. The average Bonchev–Trinajstić information content (AvgIpc) is 0.935. The van der Waals surface area contributed by atoms with Crippen molar-refractivity contribution in [3.05, 3.63) is 0 Å². The molecule has 0 aliphatic heterocycles. The van der Waals surface area contributed by atoms with Gasteiger partial charge in [0.05, 0.1) is 26.4 Å². The molecule has 19 heteroatoms. The maximum Gasteiger partial charge on any atom is 0.472 e. The summed E-state index contributed by atoms with van der Waals surface area (Å²) < 4.78 is 68.6. The fourth-order valence-corrected chi connectivity index (χ4v) is 14.9. The van der Waals surface area contributed by atoms with Crippen molar-refractivity contribution in [1.82, 2.24) is 0 Å². The first-order valence-corrected chi connectivity index (χ1v) is 47.4. The topological polar surface area (TPSA) is 237 Å². The second-order valence-electron chi connectivity index (χ2n) is 32.1. The van der Waals surface area contributed by atoms with Crippen molar-refractivity contribution in [2.75, 3.05) is 39.6 Å². The van der Waals surface area contributed by atoms with Crippen molar-refractivity contribution in [3.8, 4) is 0 Å². The van der Waals surface area contributed by atoms with Crippen molar-refractivity contribution in [1.29, 1.82) is 0 Å². The maximum atomic E-state index is 13.1. The first-order valence-electron chi connectivity index (χ1n) is 44.4. The zero-order chi connectivity index (χ0) is 77.2. The van der Waals surface area contributed by atoms with Gasteiger partial charge in [0.25, 0.3) is 0 Å². The van der Waals surface area contributed by atoms with E-state index in [0.29, 0.717) is 25.7 Å². The summed E-state index contributed by atoms with van der Waals surface area (Å²) in [6, 6.07) is 0. The molecule has 0 saturated heterocycles. The third-order valence-electron chi connectivity index (χ3n) is 20.5. The third kappa shape index (κ3) is 78.5. The quantitative estimate of drug-likeness (QED) is 0.0222. The molecule has 0 aliphatic rings. The highest BCUT2D eigenvalue weighted by molar-refractivity contribution is 7.47. The Morgan fingerprint density at radius 3 is 0.724 bits per heavy atom. The van der Waals surface area contributed by atoms with Crippen LogP contribution in [-0.2, 0) is 65.4 Å².